The van der Waals surface area contributed by atoms with Gasteiger partial charge in [-0.15, -0.1) is 0 Å². The number of imidazole rings is 1. The van der Waals surface area contributed by atoms with E-state index in [1.54, 1.807) is 12.5 Å². The quantitative estimate of drug-likeness (QED) is 0.712. The average molecular weight is 270 g/mol. The third-order valence-electron chi connectivity index (χ3n) is 3.20. The van der Waals surface area contributed by atoms with Crippen molar-refractivity contribution >= 4 is 28.0 Å². The number of hydrogen-bond donors (Lipinski definition) is 2. The van der Waals surface area contributed by atoms with Crippen LogP contribution in [0.25, 0.3) is 21.9 Å². The van der Waals surface area contributed by atoms with Crippen molar-refractivity contribution in [3.05, 3.63) is 36.8 Å². The van der Waals surface area contributed by atoms with Crippen LogP contribution in [0.15, 0.2) is 36.8 Å². The van der Waals surface area contributed by atoms with Crippen molar-refractivity contribution in [2.45, 2.75) is 13.0 Å². The van der Waals surface area contributed by atoms with E-state index in [4.69, 9.17) is 5.11 Å². The number of nitrogens with one attached hydrogen (secondary N) is 1. The van der Waals surface area contributed by atoms with Crippen molar-refractivity contribution in [1.82, 2.24) is 19.9 Å². The van der Waals surface area contributed by atoms with Crippen LogP contribution in [0, 0.1) is 0 Å². The van der Waals surface area contributed by atoms with Crippen LogP contribution in [0.1, 0.15) is 6.42 Å². The molecule has 1 amide bonds. The van der Waals surface area contributed by atoms with Gasteiger partial charge in [0.2, 0.25) is 0 Å². The Kier molecular flexibility index (Phi) is 3.20. The fourth-order valence-electron chi connectivity index (χ4n) is 2.32. The molecule has 0 spiro atoms. The van der Waals surface area contributed by atoms with Gasteiger partial charge in [0.15, 0.2) is 0 Å². The number of rotatable bonds is 4. The molecule has 6 nitrogen and oxygen atoms in total. The molecule has 0 saturated heterocycles. The molecular weight excluding hydrogens is 256 g/mol. The van der Waals surface area contributed by atoms with E-state index >= 15 is 0 Å². The molecule has 0 aliphatic heterocycles. The standard InChI is InChI=1S/C14H14N4O2/c19-14(20)15-6-3-7-18-9-17-12-8-16-11-5-2-1-4-10(11)13(12)18/h1-2,4-5,8-9,15H,3,6-7H2,(H,19,20). The number of pyridine rings is 1. The molecular formula is C14H14N4O2. The van der Waals surface area contributed by atoms with Crippen molar-refractivity contribution < 1.29 is 9.90 Å². The Bertz CT molecular complexity index is 766. The first-order chi connectivity index (χ1) is 9.75. The molecule has 0 radical (unpaired) electrons. The number of benzene rings is 1. The van der Waals surface area contributed by atoms with E-state index in [2.05, 4.69) is 15.3 Å². The smallest absolute Gasteiger partial charge is 0.404 e. The van der Waals surface area contributed by atoms with E-state index in [9.17, 15) is 4.79 Å². The second-order valence-corrected chi connectivity index (χ2v) is 4.53. The summed E-state index contributed by atoms with van der Waals surface area (Å²) in [5, 5.41) is 12.0. The molecule has 102 valence electrons. The third-order valence-corrected chi connectivity index (χ3v) is 3.20. The summed E-state index contributed by atoms with van der Waals surface area (Å²) >= 11 is 0. The number of aryl methyl sites for hydroxylation is 1. The molecule has 6 heteroatoms. The number of amides is 1. The number of hydrogen-bond acceptors (Lipinski definition) is 3. The molecule has 0 saturated carbocycles. The summed E-state index contributed by atoms with van der Waals surface area (Å²) in [6.45, 7) is 1.14. The van der Waals surface area contributed by atoms with Crippen LogP contribution in [0.3, 0.4) is 0 Å². The van der Waals surface area contributed by atoms with E-state index < -0.39 is 6.09 Å². The number of carbonyl (C=O) groups is 1. The van der Waals surface area contributed by atoms with Gasteiger partial charge in [-0.3, -0.25) is 4.98 Å². The van der Waals surface area contributed by atoms with Gasteiger partial charge in [0, 0.05) is 18.5 Å². The van der Waals surface area contributed by atoms with E-state index in [-0.39, 0.29) is 0 Å². The van der Waals surface area contributed by atoms with Gasteiger partial charge in [0.1, 0.15) is 5.52 Å². The summed E-state index contributed by atoms with van der Waals surface area (Å²) in [6, 6.07) is 7.93. The van der Waals surface area contributed by atoms with Crippen LogP contribution in [-0.4, -0.2) is 32.3 Å². The molecule has 2 aromatic heterocycles. The minimum Gasteiger partial charge on any atom is -0.465 e. The zero-order valence-corrected chi connectivity index (χ0v) is 10.8. The minimum atomic E-state index is -0.991. The lowest BCUT2D eigenvalue weighted by Gasteiger charge is -2.06. The Morgan fingerprint density at radius 3 is 2.95 bits per heavy atom. The normalized spacial score (nSPS) is 11.0. The van der Waals surface area contributed by atoms with Crippen molar-refractivity contribution in [2.75, 3.05) is 6.54 Å². The predicted octanol–water partition coefficient (Wildman–Crippen LogP) is 2.24. The maximum Gasteiger partial charge on any atom is 0.404 e. The van der Waals surface area contributed by atoms with Gasteiger partial charge < -0.3 is 15.0 Å². The lowest BCUT2D eigenvalue weighted by atomic mass is 10.2. The predicted molar refractivity (Wildman–Crippen MR) is 75.7 cm³/mol. The molecule has 0 fully saturated rings. The van der Waals surface area contributed by atoms with Gasteiger partial charge in [-0.25, -0.2) is 9.78 Å². The fraction of sp³-hybridized carbons (Fsp3) is 0.214. The highest BCUT2D eigenvalue weighted by Crippen LogP contribution is 2.22. The molecule has 3 aromatic rings. The lowest BCUT2D eigenvalue weighted by molar-refractivity contribution is 0.194. The summed E-state index contributed by atoms with van der Waals surface area (Å²) in [5.41, 5.74) is 2.84. The Balaban J connectivity index is 1.91. The zero-order valence-electron chi connectivity index (χ0n) is 10.8. The summed E-state index contributed by atoms with van der Waals surface area (Å²) in [5.74, 6) is 0. The molecule has 0 atom stereocenters. The number of para-hydroxylation sites is 1. The molecule has 0 bridgehead atoms. The van der Waals surface area contributed by atoms with Crippen molar-refractivity contribution in [1.29, 1.82) is 0 Å². The van der Waals surface area contributed by atoms with Crippen LogP contribution in [0.4, 0.5) is 4.79 Å². The maximum atomic E-state index is 10.4. The molecule has 0 aliphatic rings. The van der Waals surface area contributed by atoms with Crippen LogP contribution in [-0.2, 0) is 6.54 Å². The minimum absolute atomic E-state index is 0.429. The lowest BCUT2D eigenvalue weighted by Crippen LogP contribution is -2.22. The Morgan fingerprint density at radius 2 is 2.10 bits per heavy atom. The summed E-state index contributed by atoms with van der Waals surface area (Å²) in [7, 11) is 0. The fourth-order valence-corrected chi connectivity index (χ4v) is 2.32. The molecule has 0 unspecified atom stereocenters. The Labute approximate surface area is 115 Å². The number of fused-ring (bicyclic) bond motifs is 3. The second-order valence-electron chi connectivity index (χ2n) is 4.53. The third kappa shape index (κ3) is 2.27. The summed E-state index contributed by atoms with van der Waals surface area (Å²) in [6.07, 6.45) is 3.27. The van der Waals surface area contributed by atoms with Crippen molar-refractivity contribution in [2.24, 2.45) is 0 Å². The highest BCUT2D eigenvalue weighted by molar-refractivity contribution is 6.01. The average Bonchev–Trinajstić information content (AvgIpc) is 2.87. The first kappa shape index (κ1) is 12.4. The molecule has 2 heterocycles. The van der Waals surface area contributed by atoms with Crippen LogP contribution in [0.5, 0.6) is 0 Å². The van der Waals surface area contributed by atoms with E-state index in [0.717, 1.165) is 21.9 Å². The van der Waals surface area contributed by atoms with Gasteiger partial charge in [0.25, 0.3) is 0 Å². The van der Waals surface area contributed by atoms with Crippen LogP contribution >= 0.6 is 0 Å². The Morgan fingerprint density at radius 1 is 1.25 bits per heavy atom. The van der Waals surface area contributed by atoms with Crippen LogP contribution in [0.2, 0.25) is 0 Å². The molecule has 1 aromatic carbocycles. The maximum absolute atomic E-state index is 10.4. The number of aromatic nitrogens is 3. The molecule has 2 N–H and O–H groups in total. The van der Waals surface area contributed by atoms with Crippen molar-refractivity contribution in [3.63, 3.8) is 0 Å². The summed E-state index contributed by atoms with van der Waals surface area (Å²) < 4.78 is 2.04. The van der Waals surface area contributed by atoms with Gasteiger partial charge in [-0.1, -0.05) is 18.2 Å². The molecule has 0 aliphatic carbocycles. The number of nitrogens with zero attached hydrogens (tertiary/aromatic N) is 3. The van der Waals surface area contributed by atoms with E-state index in [1.807, 2.05) is 28.8 Å². The van der Waals surface area contributed by atoms with E-state index in [0.29, 0.717) is 19.5 Å². The highest BCUT2D eigenvalue weighted by Gasteiger charge is 2.07. The zero-order chi connectivity index (χ0) is 13.9. The largest absolute Gasteiger partial charge is 0.465 e. The SMILES string of the molecule is O=C(O)NCCCn1cnc2cnc3ccccc3c21. The monoisotopic (exact) mass is 270 g/mol. The first-order valence-electron chi connectivity index (χ1n) is 6.41. The highest BCUT2D eigenvalue weighted by atomic mass is 16.4. The van der Waals surface area contributed by atoms with Crippen molar-refractivity contribution in [3.8, 4) is 0 Å². The van der Waals surface area contributed by atoms with Gasteiger partial charge >= 0.3 is 6.09 Å². The van der Waals surface area contributed by atoms with Gasteiger partial charge in [-0.05, 0) is 12.5 Å². The number of carboxylic acid groups (broad SMARTS) is 1. The van der Waals surface area contributed by atoms with E-state index in [1.165, 1.54) is 0 Å². The van der Waals surface area contributed by atoms with Gasteiger partial charge in [-0.2, -0.15) is 0 Å². The van der Waals surface area contributed by atoms with Gasteiger partial charge in [0.05, 0.1) is 23.6 Å². The Hall–Kier alpha value is -2.63. The topological polar surface area (TPSA) is 80.0 Å². The van der Waals surface area contributed by atoms with Crippen LogP contribution < -0.4 is 5.32 Å². The molecule has 20 heavy (non-hydrogen) atoms. The molecule has 3 rings (SSSR count). The second kappa shape index (κ2) is 5.16. The first-order valence-corrected chi connectivity index (χ1v) is 6.41. The summed E-state index contributed by atoms with van der Waals surface area (Å²) in [4.78, 5) is 19.1.